The zero-order valence-electron chi connectivity index (χ0n) is 12.1. The van der Waals surface area contributed by atoms with Crippen LogP contribution in [0.15, 0.2) is 22.7 Å². The first-order chi connectivity index (χ1) is 9.97. The number of carboxylic acids is 1. The second-order valence-electron chi connectivity index (χ2n) is 5.65. The van der Waals surface area contributed by atoms with E-state index in [1.165, 1.54) is 0 Å². The lowest BCUT2D eigenvalue weighted by atomic mass is 9.92. The van der Waals surface area contributed by atoms with Crippen LogP contribution in [0.3, 0.4) is 0 Å². The van der Waals surface area contributed by atoms with Crippen LogP contribution in [0.5, 0.6) is 0 Å². The van der Waals surface area contributed by atoms with Crippen LogP contribution >= 0.6 is 15.9 Å². The second kappa shape index (κ2) is 7.07. The summed E-state index contributed by atoms with van der Waals surface area (Å²) in [6.45, 7) is 3.36. The van der Waals surface area contributed by atoms with Crippen molar-refractivity contribution >= 4 is 27.8 Å². The van der Waals surface area contributed by atoms with Crippen LogP contribution in [-0.2, 0) is 4.79 Å². The molecule has 1 aliphatic rings. The number of aryl methyl sites for hydroxylation is 1. The monoisotopic (exact) mass is 353 g/mol. The van der Waals surface area contributed by atoms with E-state index in [9.17, 15) is 9.59 Å². The SMILES string of the molecule is Cc1cc(Br)ccc1C(=O)N1CCC[C@H](CCC(=O)O)C1. The number of hydrogen-bond donors (Lipinski definition) is 1. The van der Waals surface area contributed by atoms with Crippen molar-refractivity contribution in [3.8, 4) is 0 Å². The highest BCUT2D eigenvalue weighted by Crippen LogP contribution is 2.24. The number of nitrogens with zero attached hydrogens (tertiary/aromatic N) is 1. The van der Waals surface area contributed by atoms with E-state index in [0.29, 0.717) is 18.9 Å². The van der Waals surface area contributed by atoms with Crippen molar-refractivity contribution in [3.63, 3.8) is 0 Å². The molecular formula is C16H20BrNO3. The van der Waals surface area contributed by atoms with Gasteiger partial charge in [0.2, 0.25) is 0 Å². The fourth-order valence-corrected chi connectivity index (χ4v) is 3.33. The maximum absolute atomic E-state index is 12.6. The van der Waals surface area contributed by atoms with E-state index >= 15 is 0 Å². The minimum Gasteiger partial charge on any atom is -0.481 e. The highest BCUT2D eigenvalue weighted by molar-refractivity contribution is 9.10. The van der Waals surface area contributed by atoms with Gasteiger partial charge in [-0.2, -0.15) is 0 Å². The predicted octanol–water partition coefficient (Wildman–Crippen LogP) is 3.47. The van der Waals surface area contributed by atoms with E-state index in [0.717, 1.165) is 35.0 Å². The molecule has 1 heterocycles. The number of carbonyl (C=O) groups is 2. The first kappa shape index (κ1) is 16.0. The maximum atomic E-state index is 12.6. The molecule has 1 saturated heterocycles. The van der Waals surface area contributed by atoms with Crippen molar-refractivity contribution in [2.75, 3.05) is 13.1 Å². The van der Waals surface area contributed by atoms with Crippen LogP contribution < -0.4 is 0 Å². The minimum absolute atomic E-state index is 0.0556. The summed E-state index contributed by atoms with van der Waals surface area (Å²) in [5.74, 6) is -0.406. The topological polar surface area (TPSA) is 57.6 Å². The van der Waals surface area contributed by atoms with Crippen molar-refractivity contribution in [1.29, 1.82) is 0 Å². The average molecular weight is 354 g/mol. The molecule has 0 aliphatic carbocycles. The highest BCUT2D eigenvalue weighted by Gasteiger charge is 2.25. The Balaban J connectivity index is 2.03. The molecular weight excluding hydrogens is 334 g/mol. The fourth-order valence-electron chi connectivity index (χ4n) is 2.85. The van der Waals surface area contributed by atoms with Gasteiger partial charge >= 0.3 is 5.97 Å². The molecule has 1 aromatic carbocycles. The van der Waals surface area contributed by atoms with Crippen molar-refractivity contribution in [1.82, 2.24) is 4.90 Å². The summed E-state index contributed by atoms with van der Waals surface area (Å²) < 4.78 is 0.967. The second-order valence-corrected chi connectivity index (χ2v) is 6.57. The number of rotatable bonds is 4. The molecule has 1 N–H and O–H groups in total. The first-order valence-electron chi connectivity index (χ1n) is 7.24. The van der Waals surface area contributed by atoms with Gasteiger partial charge in [0, 0.05) is 29.5 Å². The van der Waals surface area contributed by atoms with Gasteiger partial charge in [0.25, 0.3) is 5.91 Å². The fraction of sp³-hybridized carbons (Fsp3) is 0.500. The lowest BCUT2D eigenvalue weighted by Crippen LogP contribution is -2.40. The van der Waals surface area contributed by atoms with E-state index in [4.69, 9.17) is 5.11 Å². The molecule has 1 atom stereocenters. The van der Waals surface area contributed by atoms with Gasteiger partial charge in [-0.05, 0) is 55.9 Å². The van der Waals surface area contributed by atoms with Crippen molar-refractivity contribution < 1.29 is 14.7 Å². The lowest BCUT2D eigenvalue weighted by molar-refractivity contribution is -0.137. The van der Waals surface area contributed by atoms with Gasteiger partial charge in [-0.15, -0.1) is 0 Å². The summed E-state index contributed by atoms with van der Waals surface area (Å²) in [4.78, 5) is 25.1. The molecule has 5 heteroatoms. The summed E-state index contributed by atoms with van der Waals surface area (Å²) in [7, 11) is 0. The highest BCUT2D eigenvalue weighted by atomic mass is 79.9. The summed E-state index contributed by atoms with van der Waals surface area (Å²) in [5.41, 5.74) is 1.69. The molecule has 4 nitrogen and oxygen atoms in total. The van der Waals surface area contributed by atoms with Gasteiger partial charge < -0.3 is 10.0 Å². The van der Waals surface area contributed by atoms with Crippen LogP contribution in [0.25, 0.3) is 0 Å². The standard InChI is InChI=1S/C16H20BrNO3/c1-11-9-13(17)5-6-14(11)16(21)18-8-2-3-12(10-18)4-7-15(19)20/h5-6,9,12H,2-4,7-8,10H2,1H3,(H,19,20)/t12-/m1/s1. The Morgan fingerprint density at radius 1 is 1.43 bits per heavy atom. The minimum atomic E-state index is -0.762. The molecule has 0 unspecified atom stereocenters. The third kappa shape index (κ3) is 4.30. The van der Waals surface area contributed by atoms with Crippen LogP contribution in [0.4, 0.5) is 0 Å². The Morgan fingerprint density at radius 2 is 2.19 bits per heavy atom. The first-order valence-corrected chi connectivity index (χ1v) is 8.04. The van der Waals surface area contributed by atoms with Crippen LogP contribution in [0.2, 0.25) is 0 Å². The third-order valence-electron chi connectivity index (χ3n) is 3.99. The molecule has 2 rings (SSSR count). The normalized spacial score (nSPS) is 18.6. The molecule has 0 aromatic heterocycles. The average Bonchev–Trinajstić information content (AvgIpc) is 2.45. The van der Waals surface area contributed by atoms with Gasteiger partial charge in [0.05, 0.1) is 0 Å². The van der Waals surface area contributed by atoms with Crippen molar-refractivity contribution in [3.05, 3.63) is 33.8 Å². The molecule has 1 fully saturated rings. The number of piperidine rings is 1. The molecule has 1 amide bonds. The van der Waals surface area contributed by atoms with E-state index in [2.05, 4.69) is 15.9 Å². The molecule has 1 aliphatic heterocycles. The molecule has 0 saturated carbocycles. The number of amides is 1. The van der Waals surface area contributed by atoms with E-state index < -0.39 is 5.97 Å². The number of aliphatic carboxylic acids is 1. The van der Waals surface area contributed by atoms with Crippen LogP contribution in [0.1, 0.15) is 41.6 Å². The number of likely N-dealkylation sites (tertiary alicyclic amines) is 1. The van der Waals surface area contributed by atoms with Crippen molar-refractivity contribution in [2.45, 2.75) is 32.6 Å². The Hall–Kier alpha value is -1.36. The van der Waals surface area contributed by atoms with Crippen LogP contribution in [-0.4, -0.2) is 35.0 Å². The van der Waals surface area contributed by atoms with Gasteiger partial charge in [-0.25, -0.2) is 0 Å². The predicted molar refractivity (Wildman–Crippen MR) is 84.4 cm³/mol. The van der Waals surface area contributed by atoms with Crippen LogP contribution in [0, 0.1) is 12.8 Å². The smallest absolute Gasteiger partial charge is 0.303 e. The molecule has 0 spiro atoms. The van der Waals surface area contributed by atoms with E-state index in [-0.39, 0.29) is 12.3 Å². The molecule has 21 heavy (non-hydrogen) atoms. The van der Waals surface area contributed by atoms with E-state index in [1.54, 1.807) is 0 Å². The van der Waals surface area contributed by atoms with Gasteiger partial charge in [-0.3, -0.25) is 9.59 Å². The van der Waals surface area contributed by atoms with Gasteiger partial charge in [-0.1, -0.05) is 15.9 Å². The number of carbonyl (C=O) groups excluding carboxylic acids is 1. The van der Waals surface area contributed by atoms with Gasteiger partial charge in [0.15, 0.2) is 0 Å². The Bertz CT molecular complexity index is 544. The zero-order valence-corrected chi connectivity index (χ0v) is 13.7. The molecule has 0 radical (unpaired) electrons. The number of halogens is 1. The molecule has 1 aromatic rings. The summed E-state index contributed by atoms with van der Waals surface area (Å²) in [6, 6.07) is 5.67. The number of benzene rings is 1. The number of hydrogen-bond acceptors (Lipinski definition) is 2. The zero-order chi connectivity index (χ0) is 15.4. The quantitative estimate of drug-likeness (QED) is 0.901. The van der Waals surface area contributed by atoms with E-state index in [1.807, 2.05) is 30.0 Å². The summed E-state index contributed by atoms with van der Waals surface area (Å²) in [5, 5.41) is 8.77. The molecule has 0 bridgehead atoms. The summed E-state index contributed by atoms with van der Waals surface area (Å²) >= 11 is 3.40. The largest absolute Gasteiger partial charge is 0.481 e. The van der Waals surface area contributed by atoms with Gasteiger partial charge in [0.1, 0.15) is 0 Å². The lowest BCUT2D eigenvalue weighted by Gasteiger charge is -2.33. The Kier molecular flexibility index (Phi) is 5.39. The number of carboxylic acid groups (broad SMARTS) is 1. The maximum Gasteiger partial charge on any atom is 0.303 e. The Labute approximate surface area is 133 Å². The van der Waals surface area contributed by atoms with Crippen molar-refractivity contribution in [2.24, 2.45) is 5.92 Å². The molecule has 114 valence electrons. The summed E-state index contributed by atoms with van der Waals surface area (Å²) in [6.07, 6.45) is 2.80. The third-order valence-corrected chi connectivity index (χ3v) is 4.48. The Morgan fingerprint density at radius 3 is 2.86 bits per heavy atom.